The monoisotopic (exact) mass is 407 g/mol. The number of Topliss-reactive ketones (excluding diaryl/α,β-unsaturated/α-hetero) is 1. The zero-order valence-corrected chi connectivity index (χ0v) is 17.9. The lowest BCUT2D eigenvalue weighted by Crippen LogP contribution is -2.54. The predicted molar refractivity (Wildman–Crippen MR) is 125 cm³/mol. The first-order valence-electron chi connectivity index (χ1n) is 10.9. The van der Waals surface area contributed by atoms with Crippen LogP contribution >= 0.6 is 0 Å². The highest BCUT2D eigenvalue weighted by Gasteiger charge is 2.60. The van der Waals surface area contributed by atoms with Crippen LogP contribution in [0.5, 0.6) is 0 Å². The summed E-state index contributed by atoms with van der Waals surface area (Å²) >= 11 is 0. The first-order valence-corrected chi connectivity index (χ1v) is 10.9. The fourth-order valence-corrected chi connectivity index (χ4v) is 5.25. The number of hydrogen-bond donors (Lipinski definition) is 0. The fourth-order valence-electron chi connectivity index (χ4n) is 5.25. The molecule has 1 amide bonds. The number of likely N-dealkylation sites (N-methyl/N-ethyl adjacent to an activating group) is 1. The molecule has 0 bridgehead atoms. The van der Waals surface area contributed by atoms with E-state index in [0.29, 0.717) is 11.3 Å². The summed E-state index contributed by atoms with van der Waals surface area (Å²) < 4.78 is 0. The summed E-state index contributed by atoms with van der Waals surface area (Å²) in [6.45, 7) is 2.17. The highest BCUT2D eigenvalue weighted by Crippen LogP contribution is 2.57. The van der Waals surface area contributed by atoms with Crippen LogP contribution in [0.25, 0.3) is 11.1 Å². The van der Waals surface area contributed by atoms with Crippen molar-refractivity contribution in [1.82, 2.24) is 0 Å². The fraction of sp³-hybridized carbons (Fsp3) is 0.214. The molecule has 0 aromatic heterocycles. The number of carbonyl (C=O) groups excluding carboxylic acids is 2. The van der Waals surface area contributed by atoms with E-state index in [9.17, 15) is 9.59 Å². The highest BCUT2D eigenvalue weighted by molar-refractivity contribution is 6.38. The van der Waals surface area contributed by atoms with E-state index >= 15 is 0 Å². The first-order chi connectivity index (χ1) is 15.1. The third-order valence-electron chi connectivity index (χ3n) is 6.65. The second kappa shape index (κ2) is 7.35. The lowest BCUT2D eigenvalue weighted by atomic mass is 9.66. The SMILES string of the molecule is CCCCC1=C(c2ccccc2)C2(C(=O)c3ccccc3N(C)C2=O)c2ccccc21. The van der Waals surface area contributed by atoms with E-state index in [1.807, 2.05) is 72.8 Å². The van der Waals surface area contributed by atoms with E-state index in [1.54, 1.807) is 11.9 Å². The number of para-hydroxylation sites is 1. The lowest BCUT2D eigenvalue weighted by Gasteiger charge is -2.40. The molecular formula is C28H25NO2. The molecule has 3 nitrogen and oxygen atoms in total. The average Bonchev–Trinajstić information content (AvgIpc) is 3.12. The van der Waals surface area contributed by atoms with Gasteiger partial charge in [-0.15, -0.1) is 0 Å². The Kier molecular flexibility index (Phi) is 4.62. The van der Waals surface area contributed by atoms with Gasteiger partial charge in [0.05, 0.1) is 5.69 Å². The molecule has 1 unspecified atom stereocenters. The molecular weight excluding hydrogens is 382 g/mol. The standard InChI is InChI=1S/C28H25NO2/c1-3-4-14-21-20-15-8-10-17-23(20)28(25(21)19-12-6-5-7-13-19)26(30)22-16-9-11-18-24(22)29(2)27(28)31/h5-13,15-18H,3-4,14H2,1-2H3. The minimum atomic E-state index is -1.34. The smallest absolute Gasteiger partial charge is 0.249 e. The predicted octanol–water partition coefficient (Wildman–Crippen LogP) is 5.90. The van der Waals surface area contributed by atoms with Gasteiger partial charge in [-0.1, -0.05) is 80.1 Å². The van der Waals surface area contributed by atoms with Gasteiger partial charge in [-0.05, 0) is 52.8 Å². The van der Waals surface area contributed by atoms with Gasteiger partial charge in [0.2, 0.25) is 5.91 Å². The minimum absolute atomic E-state index is 0.121. The zero-order chi connectivity index (χ0) is 21.6. The Balaban J connectivity index is 1.89. The molecule has 31 heavy (non-hydrogen) atoms. The molecule has 0 radical (unpaired) electrons. The third-order valence-corrected chi connectivity index (χ3v) is 6.65. The molecule has 5 rings (SSSR count). The molecule has 3 heteroatoms. The van der Waals surface area contributed by atoms with Gasteiger partial charge in [0, 0.05) is 12.6 Å². The number of nitrogens with zero attached hydrogens (tertiary/aromatic N) is 1. The number of rotatable bonds is 4. The summed E-state index contributed by atoms with van der Waals surface area (Å²) in [5.41, 5.74) is 4.71. The van der Waals surface area contributed by atoms with Crippen molar-refractivity contribution in [2.45, 2.75) is 31.6 Å². The van der Waals surface area contributed by atoms with E-state index < -0.39 is 5.41 Å². The number of hydrogen-bond acceptors (Lipinski definition) is 2. The van der Waals surface area contributed by atoms with Gasteiger partial charge in [0.1, 0.15) is 0 Å². The van der Waals surface area contributed by atoms with Crippen molar-refractivity contribution in [2.24, 2.45) is 0 Å². The number of anilines is 1. The summed E-state index contributed by atoms with van der Waals surface area (Å²) in [4.78, 5) is 30.1. The van der Waals surface area contributed by atoms with Crippen molar-refractivity contribution >= 4 is 28.5 Å². The van der Waals surface area contributed by atoms with Crippen LogP contribution in [0.1, 0.15) is 53.2 Å². The van der Waals surface area contributed by atoms with Crippen LogP contribution in [-0.2, 0) is 10.2 Å². The second-order valence-corrected chi connectivity index (χ2v) is 8.33. The van der Waals surface area contributed by atoms with E-state index in [0.717, 1.165) is 47.1 Å². The molecule has 0 N–H and O–H groups in total. The van der Waals surface area contributed by atoms with Crippen LogP contribution in [0.15, 0.2) is 78.9 Å². The van der Waals surface area contributed by atoms with Crippen LogP contribution in [0.2, 0.25) is 0 Å². The molecule has 1 aliphatic heterocycles. The normalized spacial score (nSPS) is 19.7. The zero-order valence-electron chi connectivity index (χ0n) is 17.9. The maximum Gasteiger partial charge on any atom is 0.249 e. The Morgan fingerprint density at radius 2 is 1.45 bits per heavy atom. The van der Waals surface area contributed by atoms with Crippen molar-refractivity contribution in [3.63, 3.8) is 0 Å². The molecule has 1 aliphatic carbocycles. The van der Waals surface area contributed by atoms with Crippen LogP contribution in [0, 0.1) is 0 Å². The number of amides is 1. The summed E-state index contributed by atoms with van der Waals surface area (Å²) in [7, 11) is 1.78. The van der Waals surface area contributed by atoms with Crippen LogP contribution in [0.4, 0.5) is 5.69 Å². The largest absolute Gasteiger partial charge is 0.313 e. The van der Waals surface area contributed by atoms with Crippen molar-refractivity contribution in [2.75, 3.05) is 11.9 Å². The number of unbranched alkanes of at least 4 members (excludes halogenated alkanes) is 1. The Morgan fingerprint density at radius 1 is 0.806 bits per heavy atom. The molecule has 0 saturated carbocycles. The summed E-state index contributed by atoms with van der Waals surface area (Å²) in [5.74, 6) is -0.294. The lowest BCUT2D eigenvalue weighted by molar-refractivity contribution is -0.120. The van der Waals surface area contributed by atoms with E-state index in [1.165, 1.54) is 0 Å². The summed E-state index contributed by atoms with van der Waals surface area (Å²) in [6, 6.07) is 25.4. The van der Waals surface area contributed by atoms with E-state index in [4.69, 9.17) is 0 Å². The highest BCUT2D eigenvalue weighted by atomic mass is 16.2. The number of fused-ring (bicyclic) bond motifs is 3. The Morgan fingerprint density at radius 3 is 2.19 bits per heavy atom. The topological polar surface area (TPSA) is 37.4 Å². The van der Waals surface area contributed by atoms with Gasteiger partial charge in [-0.25, -0.2) is 0 Å². The van der Waals surface area contributed by atoms with Crippen LogP contribution < -0.4 is 4.90 Å². The van der Waals surface area contributed by atoms with Gasteiger partial charge in [-0.3, -0.25) is 9.59 Å². The molecule has 1 atom stereocenters. The number of allylic oxidation sites excluding steroid dienone is 1. The number of ketones is 1. The molecule has 3 aromatic rings. The average molecular weight is 408 g/mol. The maximum atomic E-state index is 14.3. The van der Waals surface area contributed by atoms with E-state index in [2.05, 4.69) is 13.0 Å². The first kappa shape index (κ1) is 19.5. The maximum absolute atomic E-state index is 14.3. The van der Waals surface area contributed by atoms with Crippen LogP contribution in [0.3, 0.4) is 0 Å². The Bertz CT molecular complexity index is 1220. The van der Waals surface area contributed by atoms with Gasteiger partial charge in [0.15, 0.2) is 11.2 Å². The van der Waals surface area contributed by atoms with Crippen molar-refractivity contribution in [3.05, 3.63) is 101 Å². The van der Waals surface area contributed by atoms with Gasteiger partial charge in [0.25, 0.3) is 0 Å². The van der Waals surface area contributed by atoms with Gasteiger partial charge < -0.3 is 4.90 Å². The third kappa shape index (κ3) is 2.59. The molecule has 1 spiro atoms. The Labute approximate surface area is 183 Å². The molecule has 2 aliphatic rings. The molecule has 0 saturated heterocycles. The molecule has 3 aromatic carbocycles. The van der Waals surface area contributed by atoms with Gasteiger partial charge >= 0.3 is 0 Å². The number of benzene rings is 3. The van der Waals surface area contributed by atoms with E-state index in [-0.39, 0.29) is 11.7 Å². The molecule has 154 valence electrons. The summed E-state index contributed by atoms with van der Waals surface area (Å²) in [6.07, 6.45) is 2.89. The van der Waals surface area contributed by atoms with Crippen molar-refractivity contribution < 1.29 is 9.59 Å². The van der Waals surface area contributed by atoms with Crippen LogP contribution in [-0.4, -0.2) is 18.7 Å². The quantitative estimate of drug-likeness (QED) is 0.505. The molecule has 1 heterocycles. The summed E-state index contributed by atoms with van der Waals surface area (Å²) in [5, 5.41) is 0. The van der Waals surface area contributed by atoms with Gasteiger partial charge in [-0.2, -0.15) is 0 Å². The molecule has 0 fully saturated rings. The second-order valence-electron chi connectivity index (χ2n) is 8.33. The van der Waals surface area contributed by atoms with Crippen molar-refractivity contribution in [1.29, 1.82) is 0 Å². The number of carbonyl (C=O) groups is 2. The van der Waals surface area contributed by atoms with Crippen molar-refractivity contribution in [3.8, 4) is 0 Å². The minimum Gasteiger partial charge on any atom is -0.313 e. The Hall–Kier alpha value is -3.46.